The Bertz CT molecular complexity index is 836. The van der Waals surface area contributed by atoms with Crippen LogP contribution in [0.5, 0.6) is 0 Å². The molecule has 0 spiro atoms. The van der Waals surface area contributed by atoms with Gasteiger partial charge in [0.25, 0.3) is 5.91 Å². The first-order chi connectivity index (χ1) is 10.1. The summed E-state index contributed by atoms with van der Waals surface area (Å²) < 4.78 is 0. The molecule has 3 rings (SSSR count). The lowest BCUT2D eigenvalue weighted by molar-refractivity contribution is -0.124. The first-order valence-corrected chi connectivity index (χ1v) is 6.39. The molecule has 4 N–H and O–H groups in total. The summed E-state index contributed by atoms with van der Waals surface area (Å²) in [6.07, 6.45) is -1.24. The van der Waals surface area contributed by atoms with Gasteiger partial charge in [0, 0.05) is 5.69 Å². The van der Waals surface area contributed by atoms with Crippen LogP contribution in [0, 0.1) is 0 Å². The highest BCUT2D eigenvalue weighted by molar-refractivity contribution is 5.96. The molecule has 0 saturated heterocycles. The van der Waals surface area contributed by atoms with Crippen molar-refractivity contribution in [2.24, 2.45) is 0 Å². The summed E-state index contributed by atoms with van der Waals surface area (Å²) in [6, 6.07) is 13.6. The fourth-order valence-corrected chi connectivity index (χ4v) is 2.11. The minimum atomic E-state index is -1.24. The van der Waals surface area contributed by atoms with E-state index in [1.54, 1.807) is 42.5 Å². The van der Waals surface area contributed by atoms with Crippen LogP contribution < -0.4 is 11.0 Å². The second-order valence-corrected chi connectivity index (χ2v) is 4.64. The van der Waals surface area contributed by atoms with Crippen LogP contribution >= 0.6 is 0 Å². The second-order valence-electron chi connectivity index (χ2n) is 4.64. The Kier molecular flexibility index (Phi) is 3.29. The normalized spacial score (nSPS) is 12.2. The van der Waals surface area contributed by atoms with E-state index >= 15 is 0 Å². The number of carbonyl (C=O) groups is 1. The highest BCUT2D eigenvalue weighted by atomic mass is 16.3. The first-order valence-electron chi connectivity index (χ1n) is 6.39. The Morgan fingerprint density at radius 2 is 1.76 bits per heavy atom. The van der Waals surface area contributed by atoms with E-state index in [1.165, 1.54) is 0 Å². The third-order valence-electron chi connectivity index (χ3n) is 3.15. The van der Waals surface area contributed by atoms with Gasteiger partial charge in [-0.15, -0.1) is 0 Å². The molecule has 1 atom stereocenters. The number of aliphatic hydroxyl groups excluding tert-OH is 1. The Labute approximate surface area is 119 Å². The maximum absolute atomic E-state index is 12.0. The highest BCUT2D eigenvalue weighted by Crippen LogP contribution is 2.18. The average molecular weight is 283 g/mol. The van der Waals surface area contributed by atoms with Gasteiger partial charge in [-0.05, 0) is 23.8 Å². The molecule has 21 heavy (non-hydrogen) atoms. The zero-order valence-corrected chi connectivity index (χ0v) is 11.0. The fraction of sp³-hybridized carbons (Fsp3) is 0.0667. The largest absolute Gasteiger partial charge is 0.378 e. The molecule has 1 unspecified atom stereocenters. The summed E-state index contributed by atoms with van der Waals surface area (Å²) in [7, 11) is 0. The maximum atomic E-state index is 12.0. The number of fused-ring (bicyclic) bond motifs is 1. The van der Waals surface area contributed by atoms with E-state index in [9.17, 15) is 14.7 Å². The lowest BCUT2D eigenvalue weighted by Crippen LogP contribution is -2.20. The summed E-state index contributed by atoms with van der Waals surface area (Å²) in [6.45, 7) is 0. The number of anilines is 1. The molecule has 1 heterocycles. The van der Waals surface area contributed by atoms with E-state index in [2.05, 4.69) is 15.3 Å². The molecular weight excluding hydrogens is 270 g/mol. The number of aliphatic hydroxyl groups is 1. The topological polar surface area (TPSA) is 98.0 Å². The number of aromatic nitrogens is 2. The molecule has 0 radical (unpaired) electrons. The van der Waals surface area contributed by atoms with Crippen molar-refractivity contribution < 1.29 is 9.90 Å². The van der Waals surface area contributed by atoms with Gasteiger partial charge in [0.15, 0.2) is 6.10 Å². The molecule has 0 aliphatic carbocycles. The van der Waals surface area contributed by atoms with Gasteiger partial charge in [0.1, 0.15) is 0 Å². The van der Waals surface area contributed by atoms with Crippen LogP contribution in [-0.2, 0) is 4.79 Å². The maximum Gasteiger partial charge on any atom is 0.323 e. The molecule has 1 amide bonds. The summed E-state index contributed by atoms with van der Waals surface area (Å²) in [5.41, 5.74) is 1.95. The monoisotopic (exact) mass is 283 g/mol. The van der Waals surface area contributed by atoms with Crippen LogP contribution in [0.25, 0.3) is 11.0 Å². The molecule has 6 nitrogen and oxygen atoms in total. The number of imidazole rings is 1. The van der Waals surface area contributed by atoms with Gasteiger partial charge in [0.05, 0.1) is 11.0 Å². The van der Waals surface area contributed by atoms with Crippen LogP contribution in [0.2, 0.25) is 0 Å². The van der Waals surface area contributed by atoms with Crippen molar-refractivity contribution in [3.63, 3.8) is 0 Å². The number of nitrogens with one attached hydrogen (secondary N) is 3. The highest BCUT2D eigenvalue weighted by Gasteiger charge is 2.17. The third kappa shape index (κ3) is 2.70. The third-order valence-corrected chi connectivity index (χ3v) is 3.15. The van der Waals surface area contributed by atoms with E-state index < -0.39 is 12.0 Å². The molecule has 1 aromatic heterocycles. The zero-order valence-electron chi connectivity index (χ0n) is 11.0. The molecule has 0 saturated carbocycles. The molecule has 0 fully saturated rings. The van der Waals surface area contributed by atoms with Gasteiger partial charge in [-0.3, -0.25) is 4.79 Å². The van der Waals surface area contributed by atoms with E-state index in [0.29, 0.717) is 22.3 Å². The van der Waals surface area contributed by atoms with E-state index in [4.69, 9.17) is 0 Å². The van der Waals surface area contributed by atoms with Crippen molar-refractivity contribution in [3.05, 3.63) is 64.6 Å². The quantitative estimate of drug-likeness (QED) is 0.586. The fourth-order valence-electron chi connectivity index (χ4n) is 2.11. The smallest absolute Gasteiger partial charge is 0.323 e. The van der Waals surface area contributed by atoms with Crippen molar-refractivity contribution in [2.75, 3.05) is 5.32 Å². The summed E-state index contributed by atoms with van der Waals surface area (Å²) in [5, 5.41) is 12.6. The number of benzene rings is 2. The van der Waals surface area contributed by atoms with Crippen molar-refractivity contribution in [3.8, 4) is 0 Å². The van der Waals surface area contributed by atoms with Crippen molar-refractivity contribution in [1.29, 1.82) is 0 Å². The second kappa shape index (κ2) is 5.26. The number of amides is 1. The number of H-pyrrole nitrogens is 2. The van der Waals surface area contributed by atoms with E-state index in [1.807, 2.05) is 6.07 Å². The van der Waals surface area contributed by atoms with Crippen molar-refractivity contribution in [2.45, 2.75) is 6.10 Å². The van der Waals surface area contributed by atoms with Crippen molar-refractivity contribution >= 4 is 22.6 Å². The summed E-state index contributed by atoms with van der Waals surface area (Å²) in [4.78, 5) is 28.4. The summed E-state index contributed by atoms with van der Waals surface area (Å²) >= 11 is 0. The van der Waals surface area contributed by atoms with Gasteiger partial charge < -0.3 is 20.4 Å². The molecule has 106 valence electrons. The predicted molar refractivity (Wildman–Crippen MR) is 79.0 cm³/mol. The Hall–Kier alpha value is -2.86. The molecule has 0 aliphatic rings. The first kappa shape index (κ1) is 13.1. The van der Waals surface area contributed by atoms with E-state index in [-0.39, 0.29) is 5.69 Å². The van der Waals surface area contributed by atoms with Gasteiger partial charge in [-0.2, -0.15) is 0 Å². The molecule has 6 heteroatoms. The number of carbonyl (C=O) groups excluding carboxylic acids is 1. The van der Waals surface area contributed by atoms with Gasteiger partial charge in [-0.1, -0.05) is 30.3 Å². The van der Waals surface area contributed by atoms with E-state index in [0.717, 1.165) is 0 Å². The molecule has 2 aromatic carbocycles. The summed E-state index contributed by atoms with van der Waals surface area (Å²) in [5.74, 6) is -0.529. The van der Waals surface area contributed by atoms with Crippen molar-refractivity contribution in [1.82, 2.24) is 9.97 Å². The Morgan fingerprint density at radius 1 is 1.05 bits per heavy atom. The predicted octanol–water partition coefficient (Wildman–Crippen LogP) is 1.53. The molecule has 0 aliphatic heterocycles. The number of rotatable bonds is 3. The number of hydrogen-bond donors (Lipinski definition) is 4. The lowest BCUT2D eigenvalue weighted by Gasteiger charge is -2.11. The standard InChI is InChI=1S/C15H13N3O3/c19-13(9-4-2-1-3-5-9)14(20)16-10-6-7-11-12(8-10)18-15(21)17-11/h1-8,13,19H,(H,16,20)(H2,17,18,21). The zero-order chi connectivity index (χ0) is 14.8. The molecular formula is C15H13N3O3. The number of hydrogen-bond acceptors (Lipinski definition) is 3. The minimum Gasteiger partial charge on any atom is -0.378 e. The SMILES string of the molecule is O=C(Nc1ccc2[nH]c(=O)[nH]c2c1)C(O)c1ccccc1. The number of aromatic amines is 2. The average Bonchev–Trinajstić information content (AvgIpc) is 2.86. The van der Waals surface area contributed by atoms with Gasteiger partial charge in [0.2, 0.25) is 0 Å². The van der Waals surface area contributed by atoms with Crippen LogP contribution in [0.1, 0.15) is 11.7 Å². The molecule has 3 aromatic rings. The van der Waals surface area contributed by atoms with Crippen LogP contribution in [0.3, 0.4) is 0 Å². The van der Waals surface area contributed by atoms with Crippen LogP contribution in [0.15, 0.2) is 53.3 Å². The minimum absolute atomic E-state index is 0.308. The van der Waals surface area contributed by atoms with Gasteiger partial charge in [-0.25, -0.2) is 4.79 Å². The van der Waals surface area contributed by atoms with Gasteiger partial charge >= 0.3 is 5.69 Å². The molecule has 0 bridgehead atoms. The van der Waals surface area contributed by atoms with Crippen LogP contribution in [0.4, 0.5) is 5.69 Å². The Balaban J connectivity index is 1.81. The Morgan fingerprint density at radius 3 is 2.52 bits per heavy atom. The van der Waals surface area contributed by atoms with Crippen LogP contribution in [-0.4, -0.2) is 21.0 Å². The lowest BCUT2D eigenvalue weighted by atomic mass is 10.1.